The van der Waals surface area contributed by atoms with Gasteiger partial charge in [0.2, 0.25) is 0 Å². The molecule has 2 N–H and O–H groups in total. The summed E-state index contributed by atoms with van der Waals surface area (Å²) in [4.78, 5) is 2.59. The van der Waals surface area contributed by atoms with Crippen LogP contribution in [-0.4, -0.2) is 23.5 Å². The van der Waals surface area contributed by atoms with Gasteiger partial charge in [-0.3, -0.25) is 4.90 Å². The third kappa shape index (κ3) is 3.39. The summed E-state index contributed by atoms with van der Waals surface area (Å²) in [5.74, 6) is 0.833. The van der Waals surface area contributed by atoms with Crippen LogP contribution >= 0.6 is 15.9 Å². The van der Waals surface area contributed by atoms with E-state index in [-0.39, 0.29) is 6.04 Å². The van der Waals surface area contributed by atoms with Crippen LogP contribution in [0, 0.1) is 5.92 Å². The van der Waals surface area contributed by atoms with E-state index in [0.717, 1.165) is 12.5 Å². The van der Waals surface area contributed by atoms with Crippen molar-refractivity contribution in [3.05, 3.63) is 34.3 Å². The van der Waals surface area contributed by atoms with Gasteiger partial charge in [-0.15, -0.1) is 0 Å². The number of hydrogen-bond acceptors (Lipinski definition) is 2. The Hall–Kier alpha value is -0.380. The molecule has 1 aliphatic rings. The van der Waals surface area contributed by atoms with Gasteiger partial charge in [0.15, 0.2) is 0 Å². The van der Waals surface area contributed by atoms with Gasteiger partial charge in [-0.2, -0.15) is 0 Å². The number of hydrogen-bond donors (Lipinski definition) is 1. The summed E-state index contributed by atoms with van der Waals surface area (Å²) in [7, 11) is 0. The average molecular weight is 325 g/mol. The fourth-order valence-corrected chi connectivity index (χ4v) is 3.84. The summed E-state index contributed by atoms with van der Waals surface area (Å²) >= 11 is 3.68. The minimum atomic E-state index is 0.134. The van der Waals surface area contributed by atoms with Gasteiger partial charge in [-0.05, 0) is 50.8 Å². The van der Waals surface area contributed by atoms with Gasteiger partial charge in [0, 0.05) is 16.6 Å². The first-order valence-corrected chi connectivity index (χ1v) is 8.05. The van der Waals surface area contributed by atoms with Crippen LogP contribution in [-0.2, 0) is 0 Å². The van der Waals surface area contributed by atoms with Crippen LogP contribution in [0.2, 0.25) is 0 Å². The highest BCUT2D eigenvalue weighted by Crippen LogP contribution is 2.35. The smallest absolute Gasteiger partial charge is 0.0510 e. The van der Waals surface area contributed by atoms with Crippen LogP contribution in [0.1, 0.15) is 45.2 Å². The van der Waals surface area contributed by atoms with Crippen molar-refractivity contribution in [2.45, 2.75) is 51.7 Å². The van der Waals surface area contributed by atoms with E-state index < -0.39 is 0 Å². The second kappa shape index (κ2) is 6.38. The zero-order valence-corrected chi connectivity index (χ0v) is 13.7. The monoisotopic (exact) mass is 324 g/mol. The van der Waals surface area contributed by atoms with Crippen LogP contribution in [0.25, 0.3) is 0 Å². The molecule has 1 saturated heterocycles. The molecule has 19 heavy (non-hydrogen) atoms. The standard InChI is InChI=1S/C16H25BrN2/c1-11-8-9-19(12(2)10-11)16(13(3)18)14-6-4-5-7-15(14)17/h4-7,11-13,16H,8-10,18H2,1-3H3. The second-order valence-corrected chi connectivity index (χ2v) is 6.90. The first kappa shape index (κ1) is 15.0. The van der Waals surface area contributed by atoms with Crippen molar-refractivity contribution >= 4 is 15.9 Å². The third-order valence-corrected chi connectivity index (χ3v) is 4.99. The molecule has 1 aromatic carbocycles. The van der Waals surface area contributed by atoms with E-state index >= 15 is 0 Å². The molecule has 0 amide bonds. The SMILES string of the molecule is CC1CCN(C(c2ccccc2Br)C(C)N)C(C)C1. The Morgan fingerprint density at radius 3 is 2.58 bits per heavy atom. The van der Waals surface area contributed by atoms with Gasteiger partial charge < -0.3 is 5.73 Å². The lowest BCUT2D eigenvalue weighted by Crippen LogP contribution is -2.48. The number of nitrogens with two attached hydrogens (primary N) is 1. The van der Waals surface area contributed by atoms with Crippen LogP contribution in [0.4, 0.5) is 0 Å². The molecule has 1 fully saturated rings. The van der Waals surface area contributed by atoms with E-state index in [9.17, 15) is 0 Å². The summed E-state index contributed by atoms with van der Waals surface area (Å²) in [5.41, 5.74) is 7.62. The molecular formula is C16H25BrN2. The number of benzene rings is 1. The molecule has 0 radical (unpaired) electrons. The van der Waals surface area contributed by atoms with E-state index in [2.05, 4.69) is 65.9 Å². The molecule has 1 aromatic rings. The Morgan fingerprint density at radius 1 is 1.32 bits per heavy atom. The maximum atomic E-state index is 6.30. The molecule has 1 heterocycles. The lowest BCUT2D eigenvalue weighted by atomic mass is 9.89. The fourth-order valence-electron chi connectivity index (χ4n) is 3.32. The number of halogens is 1. The second-order valence-electron chi connectivity index (χ2n) is 6.04. The summed E-state index contributed by atoms with van der Waals surface area (Å²) in [6, 6.07) is 9.52. The molecule has 3 heteroatoms. The quantitative estimate of drug-likeness (QED) is 0.911. The van der Waals surface area contributed by atoms with Crippen LogP contribution in [0.3, 0.4) is 0 Å². The molecular weight excluding hydrogens is 300 g/mol. The van der Waals surface area contributed by atoms with Crippen molar-refractivity contribution in [3.8, 4) is 0 Å². The molecule has 0 saturated carbocycles. The predicted octanol–water partition coefficient (Wildman–Crippen LogP) is 3.96. The van der Waals surface area contributed by atoms with E-state index in [0.29, 0.717) is 12.1 Å². The van der Waals surface area contributed by atoms with Crippen molar-refractivity contribution in [1.82, 2.24) is 4.90 Å². The molecule has 0 aromatic heterocycles. The topological polar surface area (TPSA) is 29.3 Å². The highest BCUT2D eigenvalue weighted by atomic mass is 79.9. The highest BCUT2D eigenvalue weighted by molar-refractivity contribution is 9.10. The molecule has 2 nitrogen and oxygen atoms in total. The Morgan fingerprint density at radius 2 is 2.00 bits per heavy atom. The minimum absolute atomic E-state index is 0.134. The van der Waals surface area contributed by atoms with Gasteiger partial charge in [0.05, 0.1) is 6.04 Å². The minimum Gasteiger partial charge on any atom is -0.326 e. The molecule has 0 aliphatic carbocycles. The van der Waals surface area contributed by atoms with Crippen molar-refractivity contribution in [3.63, 3.8) is 0 Å². The van der Waals surface area contributed by atoms with Gasteiger partial charge in [0.1, 0.15) is 0 Å². The van der Waals surface area contributed by atoms with E-state index in [1.165, 1.54) is 22.9 Å². The Balaban J connectivity index is 2.28. The maximum Gasteiger partial charge on any atom is 0.0510 e. The number of likely N-dealkylation sites (tertiary alicyclic amines) is 1. The Kier molecular flexibility index (Phi) is 5.04. The molecule has 4 unspecified atom stereocenters. The average Bonchev–Trinajstić information content (AvgIpc) is 2.34. The van der Waals surface area contributed by atoms with E-state index in [4.69, 9.17) is 5.73 Å². The molecule has 106 valence electrons. The van der Waals surface area contributed by atoms with Gasteiger partial charge in [0.25, 0.3) is 0 Å². The van der Waals surface area contributed by atoms with E-state index in [1.807, 2.05) is 0 Å². The predicted molar refractivity (Wildman–Crippen MR) is 85.1 cm³/mol. The maximum absolute atomic E-state index is 6.30. The largest absolute Gasteiger partial charge is 0.326 e. The van der Waals surface area contributed by atoms with Crippen molar-refractivity contribution < 1.29 is 0 Å². The lowest BCUT2D eigenvalue weighted by Gasteiger charge is -2.43. The summed E-state index contributed by atoms with van der Waals surface area (Å²) in [5, 5.41) is 0. The number of nitrogens with zero attached hydrogens (tertiary/aromatic N) is 1. The van der Waals surface area contributed by atoms with Crippen molar-refractivity contribution in [2.24, 2.45) is 11.7 Å². The third-order valence-electron chi connectivity index (χ3n) is 4.27. The molecule has 0 spiro atoms. The lowest BCUT2D eigenvalue weighted by molar-refractivity contribution is 0.0705. The molecule has 0 bridgehead atoms. The summed E-state index contributed by atoms with van der Waals surface area (Å²) < 4.78 is 1.17. The van der Waals surface area contributed by atoms with Crippen LogP contribution < -0.4 is 5.73 Å². The zero-order chi connectivity index (χ0) is 14.0. The number of rotatable bonds is 3. The van der Waals surface area contributed by atoms with Gasteiger partial charge in [-0.25, -0.2) is 0 Å². The van der Waals surface area contributed by atoms with Crippen molar-refractivity contribution in [1.29, 1.82) is 0 Å². The van der Waals surface area contributed by atoms with E-state index in [1.54, 1.807) is 0 Å². The van der Waals surface area contributed by atoms with Gasteiger partial charge in [-0.1, -0.05) is 41.1 Å². The normalized spacial score (nSPS) is 28.1. The van der Waals surface area contributed by atoms with Crippen LogP contribution in [0.5, 0.6) is 0 Å². The fraction of sp³-hybridized carbons (Fsp3) is 0.625. The van der Waals surface area contributed by atoms with Gasteiger partial charge >= 0.3 is 0 Å². The Labute approximate surface area is 125 Å². The summed E-state index contributed by atoms with van der Waals surface area (Å²) in [6.45, 7) is 7.96. The molecule has 1 aliphatic heterocycles. The Bertz CT molecular complexity index is 419. The van der Waals surface area contributed by atoms with Crippen molar-refractivity contribution in [2.75, 3.05) is 6.54 Å². The first-order chi connectivity index (χ1) is 9.00. The highest BCUT2D eigenvalue weighted by Gasteiger charge is 2.32. The number of piperidine rings is 1. The van der Waals surface area contributed by atoms with Crippen LogP contribution in [0.15, 0.2) is 28.7 Å². The summed E-state index contributed by atoms with van der Waals surface area (Å²) in [6.07, 6.45) is 2.55. The first-order valence-electron chi connectivity index (χ1n) is 7.26. The molecule has 4 atom stereocenters. The zero-order valence-electron chi connectivity index (χ0n) is 12.1. The molecule has 2 rings (SSSR count).